The molecular formula is C25H21FN2O3S. The molecule has 0 unspecified atom stereocenters. The van der Waals surface area contributed by atoms with Crippen LogP contribution in [0.2, 0.25) is 0 Å². The van der Waals surface area contributed by atoms with Crippen molar-refractivity contribution in [3.05, 3.63) is 95.4 Å². The molecule has 3 aromatic carbocycles. The van der Waals surface area contributed by atoms with E-state index in [1.54, 1.807) is 54.6 Å². The Morgan fingerprint density at radius 2 is 1.72 bits per heavy atom. The molecule has 162 valence electrons. The number of nitrogens with zero attached hydrogens (tertiary/aromatic N) is 1. The molecule has 32 heavy (non-hydrogen) atoms. The molecular weight excluding hydrogens is 427 g/mol. The third-order valence-corrected chi connectivity index (χ3v) is 5.13. The Bertz CT molecular complexity index is 1180. The molecule has 7 heteroatoms. The highest BCUT2D eigenvalue weighted by Gasteiger charge is 2.32. The van der Waals surface area contributed by atoms with E-state index in [-0.39, 0.29) is 23.4 Å². The Morgan fingerprint density at radius 3 is 2.47 bits per heavy atom. The molecule has 1 amide bonds. The number of hydrogen-bond donors (Lipinski definition) is 1. The molecule has 0 aliphatic carbocycles. The van der Waals surface area contributed by atoms with Crippen molar-refractivity contribution < 1.29 is 18.7 Å². The number of nitrogens with one attached hydrogen (secondary N) is 1. The molecule has 0 radical (unpaired) electrons. The van der Waals surface area contributed by atoms with Gasteiger partial charge in [-0.05, 0) is 61.6 Å². The first-order chi connectivity index (χ1) is 15.6. The summed E-state index contributed by atoms with van der Waals surface area (Å²) >= 11 is 5.39. The van der Waals surface area contributed by atoms with Crippen LogP contribution in [0.4, 0.5) is 10.1 Å². The number of benzene rings is 3. The molecule has 1 aliphatic heterocycles. The van der Waals surface area contributed by atoms with Gasteiger partial charge in [0.25, 0.3) is 5.91 Å². The van der Waals surface area contributed by atoms with Gasteiger partial charge in [0, 0.05) is 11.1 Å². The normalized spacial score (nSPS) is 14.6. The van der Waals surface area contributed by atoms with Crippen LogP contribution in [0.3, 0.4) is 0 Å². The average Bonchev–Trinajstić information content (AvgIpc) is 3.08. The van der Waals surface area contributed by atoms with Crippen molar-refractivity contribution in [3.8, 4) is 11.5 Å². The van der Waals surface area contributed by atoms with Gasteiger partial charge in [0.05, 0.1) is 12.3 Å². The molecule has 0 spiro atoms. The molecule has 3 aromatic rings. The van der Waals surface area contributed by atoms with Gasteiger partial charge in [0.1, 0.15) is 29.6 Å². The van der Waals surface area contributed by atoms with E-state index in [2.05, 4.69) is 5.32 Å². The van der Waals surface area contributed by atoms with E-state index >= 15 is 0 Å². The first-order valence-corrected chi connectivity index (χ1v) is 10.5. The maximum atomic E-state index is 13.9. The highest BCUT2D eigenvalue weighted by atomic mass is 32.1. The quantitative estimate of drug-likeness (QED) is 0.404. The van der Waals surface area contributed by atoms with Crippen LogP contribution in [-0.2, 0) is 11.4 Å². The summed E-state index contributed by atoms with van der Waals surface area (Å²) in [6.07, 6.45) is 1.68. The molecule has 0 atom stereocenters. The summed E-state index contributed by atoms with van der Waals surface area (Å²) in [7, 11) is 0. The van der Waals surface area contributed by atoms with Crippen LogP contribution < -0.4 is 19.7 Å². The minimum atomic E-state index is -0.327. The summed E-state index contributed by atoms with van der Waals surface area (Å²) in [4.78, 5) is 14.5. The zero-order valence-electron chi connectivity index (χ0n) is 17.4. The van der Waals surface area contributed by atoms with Gasteiger partial charge >= 0.3 is 0 Å². The largest absolute Gasteiger partial charge is 0.494 e. The van der Waals surface area contributed by atoms with Gasteiger partial charge in [-0.25, -0.2) is 4.39 Å². The molecule has 0 bridgehead atoms. The number of amides is 1. The van der Waals surface area contributed by atoms with Crippen molar-refractivity contribution >= 4 is 35.0 Å². The van der Waals surface area contributed by atoms with Crippen LogP contribution in [0.25, 0.3) is 6.08 Å². The van der Waals surface area contributed by atoms with Crippen molar-refractivity contribution in [3.63, 3.8) is 0 Å². The van der Waals surface area contributed by atoms with Crippen molar-refractivity contribution in [2.24, 2.45) is 0 Å². The number of hydrogen-bond acceptors (Lipinski definition) is 4. The Morgan fingerprint density at radius 1 is 1.00 bits per heavy atom. The van der Waals surface area contributed by atoms with E-state index in [4.69, 9.17) is 21.7 Å². The molecule has 1 N–H and O–H groups in total. The second-order valence-electron chi connectivity index (χ2n) is 6.97. The van der Waals surface area contributed by atoms with E-state index in [1.165, 1.54) is 11.0 Å². The lowest BCUT2D eigenvalue weighted by atomic mass is 10.1. The summed E-state index contributed by atoms with van der Waals surface area (Å²) in [6, 6.07) is 20.9. The third kappa shape index (κ3) is 4.63. The van der Waals surface area contributed by atoms with Gasteiger partial charge in [0.2, 0.25) is 0 Å². The third-order valence-electron chi connectivity index (χ3n) is 4.84. The predicted molar refractivity (Wildman–Crippen MR) is 126 cm³/mol. The van der Waals surface area contributed by atoms with Crippen LogP contribution in [-0.4, -0.2) is 17.6 Å². The molecule has 5 nitrogen and oxygen atoms in total. The Kier molecular flexibility index (Phi) is 6.47. The second-order valence-corrected chi connectivity index (χ2v) is 7.36. The minimum absolute atomic E-state index is 0.0744. The summed E-state index contributed by atoms with van der Waals surface area (Å²) in [5, 5.41) is 3.26. The van der Waals surface area contributed by atoms with Crippen LogP contribution in [0.5, 0.6) is 11.5 Å². The van der Waals surface area contributed by atoms with Crippen LogP contribution >= 0.6 is 12.2 Å². The highest BCUT2D eigenvalue weighted by molar-refractivity contribution is 7.80. The SMILES string of the molecule is CCOc1ccc(N2C(=O)/C(=C/c3ccccc3OCc3ccccc3F)NC2=S)cc1. The van der Waals surface area contributed by atoms with Crippen LogP contribution in [0, 0.1) is 5.82 Å². The maximum absolute atomic E-state index is 13.9. The molecule has 4 rings (SSSR count). The van der Waals surface area contributed by atoms with E-state index in [1.807, 2.05) is 25.1 Å². The Labute approximate surface area is 191 Å². The standard InChI is InChI=1S/C25H21FN2O3S/c1-2-30-20-13-11-19(12-14-20)28-24(29)22(27-25(28)32)15-17-7-4-6-10-23(17)31-16-18-8-3-5-9-21(18)26/h3-15H,2,16H2,1H3,(H,27,32)/b22-15-. The zero-order chi connectivity index (χ0) is 22.5. The number of rotatable bonds is 7. The summed E-state index contributed by atoms with van der Waals surface area (Å²) in [5.74, 6) is 0.650. The van der Waals surface area contributed by atoms with Gasteiger partial charge < -0.3 is 14.8 Å². The summed E-state index contributed by atoms with van der Waals surface area (Å²) in [6.45, 7) is 2.55. The average molecular weight is 449 g/mol. The van der Waals surface area contributed by atoms with Gasteiger partial charge in [-0.3, -0.25) is 9.69 Å². The number of ether oxygens (including phenoxy) is 2. The number of halogens is 1. The maximum Gasteiger partial charge on any atom is 0.281 e. The van der Waals surface area contributed by atoms with Crippen LogP contribution in [0.1, 0.15) is 18.1 Å². The lowest BCUT2D eigenvalue weighted by Gasteiger charge is -2.14. The fourth-order valence-electron chi connectivity index (χ4n) is 3.29. The Balaban J connectivity index is 1.55. The molecule has 1 fully saturated rings. The minimum Gasteiger partial charge on any atom is -0.494 e. The molecule has 1 heterocycles. The smallest absolute Gasteiger partial charge is 0.281 e. The monoisotopic (exact) mass is 448 g/mol. The fraction of sp³-hybridized carbons (Fsp3) is 0.120. The molecule has 1 aliphatic rings. The van der Waals surface area contributed by atoms with Crippen molar-refractivity contribution in [2.45, 2.75) is 13.5 Å². The summed E-state index contributed by atoms with van der Waals surface area (Å²) in [5.41, 5.74) is 2.10. The topological polar surface area (TPSA) is 50.8 Å². The number of thiocarbonyl (C=S) groups is 1. The van der Waals surface area contributed by atoms with Gasteiger partial charge in [0.15, 0.2) is 5.11 Å². The number of anilines is 1. The van der Waals surface area contributed by atoms with Gasteiger partial charge in [-0.15, -0.1) is 0 Å². The van der Waals surface area contributed by atoms with Crippen molar-refractivity contribution in [2.75, 3.05) is 11.5 Å². The summed E-state index contributed by atoms with van der Waals surface area (Å²) < 4.78 is 25.2. The molecule has 1 saturated heterocycles. The number of carbonyl (C=O) groups excluding carboxylic acids is 1. The highest BCUT2D eigenvalue weighted by Crippen LogP contribution is 2.27. The van der Waals surface area contributed by atoms with E-state index in [0.29, 0.717) is 34.9 Å². The molecule has 0 aromatic heterocycles. The zero-order valence-corrected chi connectivity index (χ0v) is 18.2. The van der Waals surface area contributed by atoms with Crippen molar-refractivity contribution in [1.82, 2.24) is 5.32 Å². The lowest BCUT2D eigenvalue weighted by molar-refractivity contribution is -0.113. The predicted octanol–water partition coefficient (Wildman–Crippen LogP) is 5.07. The van der Waals surface area contributed by atoms with E-state index < -0.39 is 0 Å². The Hall–Kier alpha value is -3.71. The number of para-hydroxylation sites is 1. The second kappa shape index (κ2) is 9.62. The van der Waals surface area contributed by atoms with Crippen LogP contribution in [0.15, 0.2) is 78.5 Å². The molecule has 0 saturated carbocycles. The van der Waals surface area contributed by atoms with Crippen molar-refractivity contribution in [1.29, 1.82) is 0 Å². The number of carbonyl (C=O) groups is 1. The lowest BCUT2D eigenvalue weighted by Crippen LogP contribution is -2.30. The van der Waals surface area contributed by atoms with Gasteiger partial charge in [-0.1, -0.05) is 36.4 Å². The fourth-order valence-corrected chi connectivity index (χ4v) is 3.58. The first-order valence-electron chi connectivity index (χ1n) is 10.1. The van der Waals surface area contributed by atoms with Gasteiger partial charge in [-0.2, -0.15) is 0 Å². The van der Waals surface area contributed by atoms with E-state index in [0.717, 1.165) is 5.75 Å². The first kappa shape index (κ1) is 21.5. The van der Waals surface area contributed by atoms with E-state index in [9.17, 15) is 9.18 Å².